The molecule has 1 saturated heterocycles. The fourth-order valence-electron chi connectivity index (χ4n) is 2.51. The zero-order valence-electron chi connectivity index (χ0n) is 11.9. The van der Waals surface area contributed by atoms with Crippen LogP contribution in [0.2, 0.25) is 0 Å². The van der Waals surface area contributed by atoms with E-state index in [2.05, 4.69) is 10.2 Å². The van der Waals surface area contributed by atoms with Gasteiger partial charge in [0.1, 0.15) is 10.6 Å². The molecule has 7 nitrogen and oxygen atoms in total. The van der Waals surface area contributed by atoms with Crippen LogP contribution < -0.4 is 5.32 Å². The molecule has 0 saturated carbocycles. The van der Waals surface area contributed by atoms with Gasteiger partial charge in [-0.1, -0.05) is 6.07 Å². The first kappa shape index (κ1) is 15.7. The SMILES string of the molecule is CS(=O)(=O)c1cccc(NCCN2CCCC2)c1[N+](=O)[O-]. The number of hydrogen-bond donors (Lipinski definition) is 1. The molecule has 1 aromatic rings. The summed E-state index contributed by atoms with van der Waals surface area (Å²) in [5, 5.41) is 14.2. The van der Waals surface area contributed by atoms with Crippen LogP contribution in [0.15, 0.2) is 23.1 Å². The minimum absolute atomic E-state index is 0.251. The van der Waals surface area contributed by atoms with E-state index in [1.54, 1.807) is 0 Å². The molecule has 1 heterocycles. The van der Waals surface area contributed by atoms with E-state index in [0.717, 1.165) is 25.9 Å². The van der Waals surface area contributed by atoms with Crippen molar-refractivity contribution in [2.45, 2.75) is 17.7 Å². The molecule has 1 aliphatic rings. The Balaban J connectivity index is 2.16. The molecule has 0 spiro atoms. The van der Waals surface area contributed by atoms with Gasteiger partial charge in [-0.25, -0.2) is 8.42 Å². The smallest absolute Gasteiger partial charge is 0.310 e. The topological polar surface area (TPSA) is 92.6 Å². The molecule has 2 rings (SSSR count). The van der Waals surface area contributed by atoms with Crippen molar-refractivity contribution in [3.63, 3.8) is 0 Å². The van der Waals surface area contributed by atoms with Crippen LogP contribution in [-0.2, 0) is 9.84 Å². The highest BCUT2D eigenvalue weighted by molar-refractivity contribution is 7.90. The third-order valence-corrected chi connectivity index (χ3v) is 4.65. The number of nitro benzene ring substituents is 1. The molecule has 0 amide bonds. The maximum atomic E-state index is 11.7. The van der Waals surface area contributed by atoms with E-state index in [0.29, 0.717) is 6.54 Å². The molecule has 0 bridgehead atoms. The maximum absolute atomic E-state index is 11.7. The second-order valence-electron chi connectivity index (χ2n) is 5.16. The molecule has 0 aromatic heterocycles. The number of hydrogen-bond acceptors (Lipinski definition) is 6. The number of nitrogens with zero attached hydrogens (tertiary/aromatic N) is 2. The Morgan fingerprint density at radius 3 is 2.57 bits per heavy atom. The van der Waals surface area contributed by atoms with Crippen molar-refractivity contribution in [1.29, 1.82) is 0 Å². The van der Waals surface area contributed by atoms with Crippen molar-refractivity contribution in [1.82, 2.24) is 4.90 Å². The van der Waals surface area contributed by atoms with Gasteiger partial charge in [-0.05, 0) is 38.1 Å². The minimum atomic E-state index is -3.63. The van der Waals surface area contributed by atoms with E-state index in [4.69, 9.17) is 0 Å². The zero-order valence-corrected chi connectivity index (χ0v) is 12.7. The van der Waals surface area contributed by atoms with Gasteiger partial charge >= 0.3 is 5.69 Å². The van der Waals surface area contributed by atoms with Crippen LogP contribution >= 0.6 is 0 Å². The fraction of sp³-hybridized carbons (Fsp3) is 0.538. The Hall–Kier alpha value is -1.67. The highest BCUT2D eigenvalue weighted by atomic mass is 32.2. The summed E-state index contributed by atoms with van der Waals surface area (Å²) in [6, 6.07) is 4.32. The minimum Gasteiger partial charge on any atom is -0.378 e. The molecular formula is C13H19N3O4S. The predicted octanol–water partition coefficient (Wildman–Crippen LogP) is 1.51. The lowest BCUT2D eigenvalue weighted by Gasteiger charge is -2.15. The first-order valence-electron chi connectivity index (χ1n) is 6.83. The first-order chi connectivity index (χ1) is 9.89. The number of para-hydroxylation sites is 1. The largest absolute Gasteiger partial charge is 0.378 e. The van der Waals surface area contributed by atoms with Crippen LogP contribution in [0.5, 0.6) is 0 Å². The molecule has 8 heteroatoms. The van der Waals surface area contributed by atoms with Gasteiger partial charge in [-0.15, -0.1) is 0 Å². The Morgan fingerprint density at radius 2 is 2.00 bits per heavy atom. The maximum Gasteiger partial charge on any atom is 0.310 e. The quantitative estimate of drug-likeness (QED) is 0.632. The summed E-state index contributed by atoms with van der Waals surface area (Å²) in [7, 11) is -3.63. The standard InChI is InChI=1S/C13H19N3O4S/c1-21(19,20)12-6-4-5-11(13(12)16(17)18)14-7-10-15-8-2-3-9-15/h4-6,14H,2-3,7-10H2,1H3. The van der Waals surface area contributed by atoms with Crippen LogP contribution in [0.1, 0.15) is 12.8 Å². The lowest BCUT2D eigenvalue weighted by molar-refractivity contribution is -0.386. The van der Waals surface area contributed by atoms with Crippen molar-refractivity contribution in [3.8, 4) is 0 Å². The Kier molecular flexibility index (Phi) is 4.79. The lowest BCUT2D eigenvalue weighted by Crippen LogP contribution is -2.26. The van der Waals surface area contributed by atoms with Crippen LogP contribution in [-0.4, -0.2) is 50.7 Å². The van der Waals surface area contributed by atoms with Gasteiger partial charge in [0, 0.05) is 19.3 Å². The number of anilines is 1. The third-order valence-electron chi connectivity index (χ3n) is 3.52. The van der Waals surface area contributed by atoms with Crippen molar-refractivity contribution in [3.05, 3.63) is 28.3 Å². The summed E-state index contributed by atoms with van der Waals surface area (Å²) in [5.41, 5.74) is -0.122. The second-order valence-corrected chi connectivity index (χ2v) is 7.14. The second kappa shape index (κ2) is 6.40. The molecule has 0 aliphatic carbocycles. The highest BCUT2D eigenvalue weighted by Crippen LogP contribution is 2.31. The molecule has 116 valence electrons. The number of nitrogens with one attached hydrogen (secondary N) is 1. The van der Waals surface area contributed by atoms with Crippen LogP contribution in [0.4, 0.5) is 11.4 Å². The van der Waals surface area contributed by atoms with Gasteiger partial charge in [0.2, 0.25) is 0 Å². The fourth-order valence-corrected chi connectivity index (χ4v) is 3.37. The lowest BCUT2D eigenvalue weighted by atomic mass is 10.2. The van der Waals surface area contributed by atoms with E-state index in [9.17, 15) is 18.5 Å². The monoisotopic (exact) mass is 313 g/mol. The van der Waals surface area contributed by atoms with E-state index in [-0.39, 0.29) is 16.3 Å². The highest BCUT2D eigenvalue weighted by Gasteiger charge is 2.26. The van der Waals surface area contributed by atoms with Crippen LogP contribution in [0.25, 0.3) is 0 Å². The summed E-state index contributed by atoms with van der Waals surface area (Å²) in [4.78, 5) is 12.6. The average Bonchev–Trinajstić information content (AvgIpc) is 2.90. The van der Waals surface area contributed by atoms with E-state index in [1.165, 1.54) is 31.0 Å². The molecule has 1 aliphatic heterocycles. The number of rotatable bonds is 6. The van der Waals surface area contributed by atoms with Crippen molar-refractivity contribution < 1.29 is 13.3 Å². The number of sulfone groups is 1. The van der Waals surface area contributed by atoms with Crippen LogP contribution in [0, 0.1) is 10.1 Å². The van der Waals surface area contributed by atoms with Gasteiger partial charge in [0.05, 0.1) is 4.92 Å². The number of nitro groups is 1. The normalized spacial score (nSPS) is 16.0. The first-order valence-corrected chi connectivity index (χ1v) is 8.72. The van der Waals surface area contributed by atoms with Gasteiger partial charge < -0.3 is 10.2 Å². The molecule has 0 radical (unpaired) electrons. The van der Waals surface area contributed by atoms with Gasteiger partial charge in [0.25, 0.3) is 0 Å². The van der Waals surface area contributed by atoms with Gasteiger partial charge in [-0.3, -0.25) is 10.1 Å². The van der Waals surface area contributed by atoms with E-state index >= 15 is 0 Å². The van der Waals surface area contributed by atoms with Gasteiger partial charge in [0.15, 0.2) is 9.84 Å². The number of likely N-dealkylation sites (tertiary alicyclic amines) is 1. The summed E-state index contributed by atoms with van der Waals surface area (Å²) >= 11 is 0. The van der Waals surface area contributed by atoms with E-state index < -0.39 is 14.8 Å². The zero-order chi connectivity index (χ0) is 15.5. The molecule has 1 N–H and O–H groups in total. The molecule has 21 heavy (non-hydrogen) atoms. The third kappa shape index (κ3) is 3.92. The molecule has 1 aromatic carbocycles. The summed E-state index contributed by atoms with van der Waals surface area (Å²) < 4.78 is 23.3. The summed E-state index contributed by atoms with van der Waals surface area (Å²) in [6.45, 7) is 3.44. The Labute approximate surface area is 124 Å². The van der Waals surface area contributed by atoms with Crippen molar-refractivity contribution in [2.75, 3.05) is 37.8 Å². The average molecular weight is 313 g/mol. The molecule has 0 atom stereocenters. The van der Waals surface area contributed by atoms with Crippen molar-refractivity contribution >= 4 is 21.2 Å². The number of benzene rings is 1. The predicted molar refractivity (Wildman–Crippen MR) is 80.4 cm³/mol. The Morgan fingerprint density at radius 1 is 1.33 bits per heavy atom. The summed E-state index contributed by atoms with van der Waals surface area (Å²) in [5.74, 6) is 0. The molecule has 1 fully saturated rings. The summed E-state index contributed by atoms with van der Waals surface area (Å²) in [6.07, 6.45) is 3.34. The molecule has 0 unspecified atom stereocenters. The van der Waals surface area contributed by atoms with E-state index in [1.807, 2.05) is 0 Å². The van der Waals surface area contributed by atoms with Gasteiger partial charge in [-0.2, -0.15) is 0 Å². The molecular weight excluding hydrogens is 294 g/mol. The Bertz CT molecular complexity index is 624. The van der Waals surface area contributed by atoms with Crippen molar-refractivity contribution in [2.24, 2.45) is 0 Å². The van der Waals surface area contributed by atoms with Crippen LogP contribution in [0.3, 0.4) is 0 Å².